The van der Waals surface area contributed by atoms with Gasteiger partial charge in [-0.2, -0.15) is 0 Å². The number of nitrogens with one attached hydrogen (secondary N) is 1. The topological polar surface area (TPSA) is 59.6 Å². The second-order valence-electron chi connectivity index (χ2n) is 7.99. The molecule has 0 radical (unpaired) electrons. The minimum atomic E-state index is 0.142. The Morgan fingerprint density at radius 3 is 2.63 bits per heavy atom. The maximum absolute atomic E-state index is 12.9. The molecular weight excluding hydrogens is 338 g/mol. The highest BCUT2D eigenvalue weighted by Crippen LogP contribution is 2.27. The van der Waals surface area contributed by atoms with Crippen molar-refractivity contribution in [1.82, 2.24) is 14.8 Å². The Morgan fingerprint density at radius 1 is 1.11 bits per heavy atom. The minimum Gasteiger partial charge on any atom is -0.396 e. The molecule has 1 aliphatic heterocycles. The number of aliphatic hydroxyl groups is 1. The van der Waals surface area contributed by atoms with E-state index >= 15 is 0 Å². The van der Waals surface area contributed by atoms with E-state index in [2.05, 4.69) is 34.1 Å². The van der Waals surface area contributed by atoms with Crippen LogP contribution in [0.3, 0.4) is 0 Å². The first kappa shape index (κ1) is 18.0. The van der Waals surface area contributed by atoms with E-state index in [-0.39, 0.29) is 18.4 Å². The number of aromatic nitrogens is 1. The predicted octanol–water partition coefficient (Wildman–Crippen LogP) is 2.49. The van der Waals surface area contributed by atoms with Gasteiger partial charge in [-0.05, 0) is 43.8 Å². The van der Waals surface area contributed by atoms with Crippen LogP contribution in [0.1, 0.15) is 5.56 Å². The van der Waals surface area contributed by atoms with Crippen LogP contribution in [0, 0.1) is 11.8 Å². The molecule has 0 unspecified atom stereocenters. The molecule has 2 atom stereocenters. The number of H-pyrrole nitrogens is 1. The van der Waals surface area contributed by atoms with Crippen LogP contribution in [0.25, 0.3) is 21.8 Å². The fraction of sp³-hybridized carbons (Fsp3) is 0.409. The number of benzene rings is 2. The first-order valence-corrected chi connectivity index (χ1v) is 9.58. The van der Waals surface area contributed by atoms with Crippen molar-refractivity contribution < 1.29 is 9.90 Å². The molecule has 3 aromatic rings. The molecular formula is C22H27N3O2. The summed E-state index contributed by atoms with van der Waals surface area (Å²) in [6.45, 7) is 2.43. The smallest absolute Gasteiger partial charge is 0.227 e. The van der Waals surface area contributed by atoms with Crippen LogP contribution in [0.2, 0.25) is 0 Å². The van der Waals surface area contributed by atoms with E-state index in [1.165, 1.54) is 5.39 Å². The average molecular weight is 365 g/mol. The van der Waals surface area contributed by atoms with Gasteiger partial charge < -0.3 is 19.9 Å². The van der Waals surface area contributed by atoms with Crippen LogP contribution in [0.15, 0.2) is 42.5 Å². The summed E-state index contributed by atoms with van der Waals surface area (Å²) in [7, 11) is 4.07. The summed E-state index contributed by atoms with van der Waals surface area (Å²) in [5.41, 5.74) is 3.25. The van der Waals surface area contributed by atoms with Gasteiger partial charge >= 0.3 is 0 Å². The van der Waals surface area contributed by atoms with Gasteiger partial charge in [-0.25, -0.2) is 0 Å². The Kier molecular flexibility index (Phi) is 4.89. The Hall–Kier alpha value is -2.37. The molecule has 5 heteroatoms. The third kappa shape index (κ3) is 3.57. The van der Waals surface area contributed by atoms with Crippen molar-refractivity contribution in [2.24, 2.45) is 11.8 Å². The summed E-state index contributed by atoms with van der Waals surface area (Å²) < 4.78 is 0. The number of likely N-dealkylation sites (tertiary alicyclic amines) is 1. The first-order chi connectivity index (χ1) is 13.0. The lowest BCUT2D eigenvalue weighted by Gasteiger charge is -2.20. The molecule has 142 valence electrons. The van der Waals surface area contributed by atoms with Gasteiger partial charge in [0.2, 0.25) is 5.91 Å². The molecule has 1 fully saturated rings. The number of carbonyl (C=O) groups excluding carboxylic acids is 1. The number of nitrogens with zero attached hydrogens (tertiary/aromatic N) is 2. The molecule has 0 bridgehead atoms. The Morgan fingerprint density at radius 2 is 1.85 bits per heavy atom. The van der Waals surface area contributed by atoms with Crippen LogP contribution >= 0.6 is 0 Å². The lowest BCUT2D eigenvalue weighted by molar-refractivity contribution is -0.129. The first-order valence-electron chi connectivity index (χ1n) is 9.58. The molecule has 1 aromatic heterocycles. The van der Waals surface area contributed by atoms with Crippen molar-refractivity contribution in [3.8, 4) is 0 Å². The van der Waals surface area contributed by atoms with Gasteiger partial charge in [-0.3, -0.25) is 4.79 Å². The fourth-order valence-corrected chi connectivity index (χ4v) is 4.32. The van der Waals surface area contributed by atoms with Gasteiger partial charge in [0.05, 0.1) is 6.42 Å². The van der Waals surface area contributed by atoms with Crippen LogP contribution in [0.4, 0.5) is 0 Å². The zero-order valence-electron chi connectivity index (χ0n) is 16.0. The summed E-state index contributed by atoms with van der Waals surface area (Å²) in [6.07, 6.45) is 0.405. The van der Waals surface area contributed by atoms with Crippen molar-refractivity contribution in [2.45, 2.75) is 6.42 Å². The summed E-state index contributed by atoms with van der Waals surface area (Å²) in [5, 5.41) is 12.0. The number of aliphatic hydroxyl groups excluding tert-OH is 1. The molecule has 1 saturated heterocycles. The highest BCUT2D eigenvalue weighted by atomic mass is 16.3. The molecule has 0 spiro atoms. The zero-order valence-corrected chi connectivity index (χ0v) is 16.0. The number of rotatable bonds is 5. The molecule has 4 rings (SSSR count). The van der Waals surface area contributed by atoms with Gasteiger partial charge in [0, 0.05) is 54.0 Å². The molecule has 0 aliphatic carbocycles. The van der Waals surface area contributed by atoms with E-state index in [9.17, 15) is 9.90 Å². The van der Waals surface area contributed by atoms with Crippen LogP contribution < -0.4 is 0 Å². The summed E-state index contributed by atoms with van der Waals surface area (Å²) in [6, 6.07) is 14.5. The van der Waals surface area contributed by atoms with E-state index in [1.807, 2.05) is 37.2 Å². The molecule has 2 N–H and O–H groups in total. The summed E-state index contributed by atoms with van der Waals surface area (Å²) in [5.74, 6) is 0.659. The van der Waals surface area contributed by atoms with Crippen LogP contribution in [-0.2, 0) is 11.2 Å². The second-order valence-corrected chi connectivity index (χ2v) is 7.99. The van der Waals surface area contributed by atoms with Gasteiger partial charge in [-0.1, -0.05) is 24.3 Å². The Bertz CT molecular complexity index is 963. The second kappa shape index (κ2) is 7.33. The molecule has 1 aliphatic rings. The van der Waals surface area contributed by atoms with Crippen molar-refractivity contribution in [3.63, 3.8) is 0 Å². The molecule has 1 amide bonds. The van der Waals surface area contributed by atoms with Crippen molar-refractivity contribution in [2.75, 3.05) is 40.3 Å². The Balaban J connectivity index is 1.52. The SMILES string of the molecule is CN(C)C[C@@H]1CN(C(=O)Cc2ccc3[nH]c4ccccc4c3c2)C[C@@H]1CO. The molecule has 27 heavy (non-hydrogen) atoms. The number of hydrogen-bond donors (Lipinski definition) is 2. The standard InChI is InChI=1S/C22H27N3O2/c1-24(2)11-16-12-25(13-17(16)14-26)22(27)10-15-7-8-21-19(9-15)18-5-3-4-6-20(18)23-21/h3-9,16-17,23,26H,10-14H2,1-2H3/t16-,17-/m1/s1. The zero-order chi connectivity index (χ0) is 19.0. The number of amides is 1. The fourth-order valence-electron chi connectivity index (χ4n) is 4.32. The monoisotopic (exact) mass is 365 g/mol. The van der Waals surface area contributed by atoms with Crippen LogP contribution in [-0.4, -0.2) is 66.1 Å². The van der Waals surface area contributed by atoms with E-state index in [1.54, 1.807) is 0 Å². The normalized spacial score (nSPS) is 20.2. The van der Waals surface area contributed by atoms with Crippen LogP contribution in [0.5, 0.6) is 0 Å². The quantitative estimate of drug-likeness (QED) is 0.730. The van der Waals surface area contributed by atoms with E-state index < -0.39 is 0 Å². The third-order valence-electron chi connectivity index (χ3n) is 5.69. The van der Waals surface area contributed by atoms with E-state index in [0.717, 1.165) is 35.1 Å². The van der Waals surface area contributed by atoms with Crippen molar-refractivity contribution in [1.29, 1.82) is 0 Å². The number of aromatic amines is 1. The van der Waals surface area contributed by atoms with Gasteiger partial charge in [-0.15, -0.1) is 0 Å². The predicted molar refractivity (Wildman–Crippen MR) is 109 cm³/mol. The molecule has 0 saturated carbocycles. The van der Waals surface area contributed by atoms with Gasteiger partial charge in [0.15, 0.2) is 0 Å². The number of hydrogen-bond acceptors (Lipinski definition) is 3. The number of fused-ring (bicyclic) bond motifs is 3. The highest BCUT2D eigenvalue weighted by Gasteiger charge is 2.34. The lowest BCUT2D eigenvalue weighted by atomic mass is 9.97. The maximum Gasteiger partial charge on any atom is 0.227 e. The van der Waals surface area contributed by atoms with Crippen molar-refractivity contribution >= 4 is 27.7 Å². The summed E-state index contributed by atoms with van der Waals surface area (Å²) in [4.78, 5) is 20.3. The number of para-hydroxylation sites is 1. The molecule has 2 aromatic carbocycles. The molecule has 2 heterocycles. The van der Waals surface area contributed by atoms with Gasteiger partial charge in [0.25, 0.3) is 0 Å². The van der Waals surface area contributed by atoms with Crippen molar-refractivity contribution in [3.05, 3.63) is 48.0 Å². The molecule has 5 nitrogen and oxygen atoms in total. The number of carbonyl (C=O) groups is 1. The lowest BCUT2D eigenvalue weighted by Crippen LogP contribution is -2.31. The Labute approximate surface area is 159 Å². The maximum atomic E-state index is 12.9. The highest BCUT2D eigenvalue weighted by molar-refractivity contribution is 6.07. The van der Waals surface area contributed by atoms with E-state index in [4.69, 9.17) is 0 Å². The van der Waals surface area contributed by atoms with E-state index in [0.29, 0.717) is 18.9 Å². The third-order valence-corrected chi connectivity index (χ3v) is 5.69. The summed E-state index contributed by atoms with van der Waals surface area (Å²) >= 11 is 0. The minimum absolute atomic E-state index is 0.142. The van der Waals surface area contributed by atoms with Gasteiger partial charge in [0.1, 0.15) is 0 Å². The largest absolute Gasteiger partial charge is 0.396 e. The average Bonchev–Trinajstić information content (AvgIpc) is 3.22.